The van der Waals surface area contributed by atoms with Gasteiger partial charge in [-0.2, -0.15) is 0 Å². The molecule has 6 N–H and O–H groups in total. The molecule has 2 heterocycles. The molecular weight excluding hydrogens is 536 g/mol. The minimum absolute atomic E-state index is 0.00112. The van der Waals surface area contributed by atoms with Gasteiger partial charge in [0, 0.05) is 19.5 Å². The first-order chi connectivity index (χ1) is 19.1. The molecular formula is C27H30N6O6S. The van der Waals surface area contributed by atoms with E-state index in [0.717, 1.165) is 5.56 Å². The second-order valence-corrected chi connectivity index (χ2v) is 9.98. The molecule has 0 spiro atoms. The third kappa shape index (κ3) is 6.10. The van der Waals surface area contributed by atoms with E-state index in [1.165, 1.54) is 28.5 Å². The number of nitrogens with two attached hydrogens (primary N) is 1. The number of fused-ring (bicyclic) bond motifs is 1. The fourth-order valence-corrected chi connectivity index (χ4v) is 5.00. The Morgan fingerprint density at radius 3 is 2.45 bits per heavy atom. The van der Waals surface area contributed by atoms with Gasteiger partial charge in [-0.15, -0.1) is 0 Å². The number of aryl methyl sites for hydroxylation is 1. The predicted molar refractivity (Wildman–Crippen MR) is 152 cm³/mol. The maximum Gasteiger partial charge on any atom is 0.316 e. The SMILES string of the molecule is C[C@@H](O)[C@H](NC(=O)c1cccc2c1[nH]c(=O)c(=O)n2CCCCN1C(=O)C(Cc2ccccc2)NC1=S)C(N)=O. The number of benzene rings is 2. The van der Waals surface area contributed by atoms with Crippen LogP contribution in [-0.2, 0) is 22.6 Å². The molecule has 210 valence electrons. The zero-order valence-electron chi connectivity index (χ0n) is 21.8. The minimum atomic E-state index is -1.35. The number of carbonyl (C=O) groups excluding carboxylic acids is 3. The summed E-state index contributed by atoms with van der Waals surface area (Å²) in [5, 5.41) is 15.6. The molecule has 1 aliphatic rings. The van der Waals surface area contributed by atoms with Crippen LogP contribution in [0.2, 0.25) is 0 Å². The van der Waals surface area contributed by atoms with Gasteiger partial charge in [0.05, 0.1) is 22.7 Å². The summed E-state index contributed by atoms with van der Waals surface area (Å²) < 4.78 is 1.27. The van der Waals surface area contributed by atoms with Crippen LogP contribution in [0.5, 0.6) is 0 Å². The van der Waals surface area contributed by atoms with E-state index in [0.29, 0.717) is 36.4 Å². The Kier molecular flexibility index (Phi) is 8.75. The van der Waals surface area contributed by atoms with E-state index in [1.807, 2.05) is 30.3 Å². The smallest absolute Gasteiger partial charge is 0.316 e. The highest BCUT2D eigenvalue weighted by Gasteiger charge is 2.34. The number of nitrogens with zero attached hydrogens (tertiary/aromatic N) is 2. The van der Waals surface area contributed by atoms with Gasteiger partial charge >= 0.3 is 11.1 Å². The Labute approximate surface area is 234 Å². The van der Waals surface area contributed by atoms with Crippen molar-refractivity contribution in [2.24, 2.45) is 5.73 Å². The lowest BCUT2D eigenvalue weighted by Gasteiger charge is -2.19. The van der Waals surface area contributed by atoms with Crippen molar-refractivity contribution in [3.63, 3.8) is 0 Å². The quantitative estimate of drug-likeness (QED) is 0.120. The van der Waals surface area contributed by atoms with Crippen LogP contribution in [0.25, 0.3) is 11.0 Å². The van der Waals surface area contributed by atoms with E-state index in [4.69, 9.17) is 18.0 Å². The number of hydrogen-bond donors (Lipinski definition) is 5. The van der Waals surface area contributed by atoms with Crippen LogP contribution >= 0.6 is 12.2 Å². The molecule has 0 bridgehead atoms. The van der Waals surface area contributed by atoms with Crippen molar-refractivity contribution in [2.75, 3.05) is 6.54 Å². The van der Waals surface area contributed by atoms with E-state index in [9.17, 15) is 29.1 Å². The Morgan fingerprint density at radius 1 is 1.07 bits per heavy atom. The molecule has 2 aromatic carbocycles. The van der Waals surface area contributed by atoms with Gasteiger partial charge in [0.1, 0.15) is 12.1 Å². The Balaban J connectivity index is 1.46. The lowest BCUT2D eigenvalue weighted by atomic mass is 10.1. The third-order valence-electron chi connectivity index (χ3n) is 6.73. The van der Waals surface area contributed by atoms with Crippen molar-refractivity contribution in [1.82, 2.24) is 25.1 Å². The summed E-state index contributed by atoms with van der Waals surface area (Å²) in [5.41, 5.74) is 4.98. The molecule has 1 saturated heterocycles. The van der Waals surface area contributed by atoms with E-state index >= 15 is 0 Å². The number of carbonyl (C=O) groups is 3. The molecule has 3 aromatic rings. The van der Waals surface area contributed by atoms with Crippen molar-refractivity contribution in [3.8, 4) is 0 Å². The summed E-state index contributed by atoms with van der Waals surface area (Å²) >= 11 is 5.37. The molecule has 3 amide bonds. The second-order valence-electron chi connectivity index (χ2n) is 9.59. The molecule has 40 heavy (non-hydrogen) atoms. The number of para-hydroxylation sites is 1. The number of unbranched alkanes of at least 4 members (excludes halogenated alkanes) is 1. The Hall–Kier alpha value is -4.36. The summed E-state index contributed by atoms with van der Waals surface area (Å²) in [6.07, 6.45) is 0.211. The lowest BCUT2D eigenvalue weighted by molar-refractivity contribution is -0.127. The number of H-pyrrole nitrogens is 1. The van der Waals surface area contributed by atoms with Gasteiger partial charge < -0.3 is 31.0 Å². The molecule has 4 rings (SSSR count). The van der Waals surface area contributed by atoms with Gasteiger partial charge in [-0.1, -0.05) is 36.4 Å². The predicted octanol–water partition coefficient (Wildman–Crippen LogP) is -0.237. The lowest BCUT2D eigenvalue weighted by Crippen LogP contribution is -2.50. The largest absolute Gasteiger partial charge is 0.391 e. The highest BCUT2D eigenvalue weighted by atomic mass is 32.1. The highest BCUT2D eigenvalue weighted by Crippen LogP contribution is 2.17. The summed E-state index contributed by atoms with van der Waals surface area (Å²) in [5.74, 6) is -1.80. The topological polar surface area (TPSA) is 180 Å². The number of nitrogens with one attached hydrogen (secondary N) is 3. The zero-order valence-corrected chi connectivity index (χ0v) is 22.6. The molecule has 13 heteroatoms. The molecule has 0 radical (unpaired) electrons. The van der Waals surface area contributed by atoms with Crippen molar-refractivity contribution in [2.45, 2.75) is 50.9 Å². The van der Waals surface area contributed by atoms with Crippen LogP contribution in [-0.4, -0.2) is 67.1 Å². The van der Waals surface area contributed by atoms with Crippen LogP contribution in [0.3, 0.4) is 0 Å². The number of aliphatic hydroxyl groups excluding tert-OH is 1. The summed E-state index contributed by atoms with van der Waals surface area (Å²) in [4.78, 5) is 66.6. The highest BCUT2D eigenvalue weighted by molar-refractivity contribution is 7.80. The van der Waals surface area contributed by atoms with Crippen LogP contribution in [0.4, 0.5) is 0 Å². The van der Waals surface area contributed by atoms with E-state index < -0.39 is 41.1 Å². The fraction of sp³-hybridized carbons (Fsp3) is 0.333. The van der Waals surface area contributed by atoms with Gasteiger partial charge in [-0.05, 0) is 49.7 Å². The normalized spacial score (nSPS) is 16.6. The van der Waals surface area contributed by atoms with Crippen LogP contribution in [0, 0.1) is 0 Å². The number of aromatic nitrogens is 2. The standard InChI is InChI=1S/C27H30N6O6S/c1-15(34)20(22(28)35)30-23(36)17-10-7-11-19-21(17)31-24(37)26(39)32(19)12-5-6-13-33-25(38)18(29-27(33)40)14-16-8-3-2-4-9-16/h2-4,7-11,15,18,20,34H,5-6,12-14H2,1H3,(H2,28,35)(H,29,40)(H,30,36)(H,31,37)/t15-,18?,20+/m1/s1. The fourth-order valence-electron chi connectivity index (χ4n) is 4.67. The molecule has 1 fully saturated rings. The summed E-state index contributed by atoms with van der Waals surface area (Å²) in [7, 11) is 0. The van der Waals surface area contributed by atoms with Gasteiger partial charge in [-0.3, -0.25) is 28.9 Å². The van der Waals surface area contributed by atoms with Crippen molar-refractivity contribution >= 4 is 46.1 Å². The zero-order chi connectivity index (χ0) is 29.0. The molecule has 1 aliphatic heterocycles. The second kappa shape index (κ2) is 12.2. The molecule has 0 saturated carbocycles. The number of rotatable bonds is 11. The number of aromatic amines is 1. The van der Waals surface area contributed by atoms with Gasteiger partial charge in [0.15, 0.2) is 5.11 Å². The van der Waals surface area contributed by atoms with E-state index in [-0.39, 0.29) is 23.5 Å². The first-order valence-electron chi connectivity index (χ1n) is 12.8. The molecule has 1 aromatic heterocycles. The average molecular weight is 567 g/mol. The van der Waals surface area contributed by atoms with Gasteiger partial charge in [0.25, 0.3) is 11.8 Å². The van der Waals surface area contributed by atoms with E-state index in [1.54, 1.807) is 6.07 Å². The van der Waals surface area contributed by atoms with Crippen molar-refractivity contribution < 1.29 is 19.5 Å². The Bertz CT molecular complexity index is 1570. The maximum absolute atomic E-state index is 12.9. The number of aliphatic hydroxyl groups is 1. The third-order valence-corrected chi connectivity index (χ3v) is 7.07. The molecule has 12 nitrogen and oxygen atoms in total. The van der Waals surface area contributed by atoms with Crippen LogP contribution in [0.1, 0.15) is 35.7 Å². The molecule has 3 atom stereocenters. The number of primary amides is 1. The van der Waals surface area contributed by atoms with E-state index in [2.05, 4.69) is 15.6 Å². The first kappa shape index (κ1) is 28.6. The van der Waals surface area contributed by atoms with Crippen molar-refractivity contribution in [1.29, 1.82) is 0 Å². The number of amides is 3. The number of thiocarbonyl (C=S) groups is 1. The molecule has 0 aliphatic carbocycles. The van der Waals surface area contributed by atoms with Crippen LogP contribution < -0.4 is 27.5 Å². The van der Waals surface area contributed by atoms with Gasteiger partial charge in [0.2, 0.25) is 5.91 Å². The van der Waals surface area contributed by atoms with Crippen molar-refractivity contribution in [3.05, 3.63) is 80.4 Å². The average Bonchev–Trinajstić information content (AvgIpc) is 3.18. The van der Waals surface area contributed by atoms with Gasteiger partial charge in [-0.25, -0.2) is 0 Å². The maximum atomic E-state index is 12.9. The monoisotopic (exact) mass is 566 g/mol. The number of hydrogen-bond acceptors (Lipinski definition) is 7. The first-order valence-corrected chi connectivity index (χ1v) is 13.2. The van der Waals surface area contributed by atoms with Crippen LogP contribution in [0.15, 0.2) is 58.1 Å². The summed E-state index contributed by atoms with van der Waals surface area (Å²) in [6.45, 7) is 1.80. The summed E-state index contributed by atoms with van der Waals surface area (Å²) in [6, 6.07) is 12.4. The Morgan fingerprint density at radius 2 is 1.77 bits per heavy atom. The minimum Gasteiger partial charge on any atom is -0.391 e. The molecule has 1 unspecified atom stereocenters.